The Morgan fingerprint density at radius 1 is 1.33 bits per heavy atom. The number of carboxylic acid groups (broad SMARTS) is 1. The van der Waals surface area contributed by atoms with Gasteiger partial charge in [-0.05, 0) is 6.42 Å². The van der Waals surface area contributed by atoms with E-state index in [1.54, 1.807) is 4.90 Å². The van der Waals surface area contributed by atoms with Crippen LogP contribution >= 0.6 is 0 Å². The van der Waals surface area contributed by atoms with Crippen molar-refractivity contribution in [3.05, 3.63) is 0 Å². The second-order valence-electron chi connectivity index (χ2n) is 3.17. The molecule has 0 aromatic rings. The predicted molar refractivity (Wildman–Crippen MR) is 54.5 cm³/mol. The van der Waals surface area contributed by atoms with Crippen LogP contribution in [-0.2, 0) is 9.59 Å². The van der Waals surface area contributed by atoms with E-state index in [0.29, 0.717) is 19.5 Å². The first-order valence-corrected chi connectivity index (χ1v) is 4.85. The molecule has 0 rings (SSSR count). The lowest BCUT2D eigenvalue weighted by atomic mass is 10.3. The van der Waals surface area contributed by atoms with Gasteiger partial charge in [0.15, 0.2) is 0 Å². The Balaban J connectivity index is 3.93. The summed E-state index contributed by atoms with van der Waals surface area (Å²) in [4.78, 5) is 23.1. The lowest BCUT2D eigenvalue weighted by Crippen LogP contribution is -2.37. The number of amides is 1. The van der Waals surface area contributed by atoms with E-state index in [2.05, 4.69) is 5.32 Å². The zero-order valence-electron chi connectivity index (χ0n) is 8.90. The number of hydrogen-bond acceptors (Lipinski definition) is 4. The average molecular weight is 218 g/mol. The van der Waals surface area contributed by atoms with Gasteiger partial charge in [-0.2, -0.15) is 0 Å². The van der Waals surface area contributed by atoms with Gasteiger partial charge in [0.2, 0.25) is 5.91 Å². The molecule has 0 unspecified atom stereocenters. The quantitative estimate of drug-likeness (QED) is 0.481. The molecule has 0 aromatic carbocycles. The van der Waals surface area contributed by atoms with Crippen molar-refractivity contribution in [1.82, 2.24) is 10.2 Å². The van der Waals surface area contributed by atoms with Crippen molar-refractivity contribution in [2.75, 3.05) is 33.3 Å². The molecule has 0 spiro atoms. The fourth-order valence-corrected chi connectivity index (χ4v) is 1.10. The van der Waals surface area contributed by atoms with Gasteiger partial charge in [-0.3, -0.25) is 14.5 Å². The molecule has 0 aromatic heterocycles. The number of carbonyl (C=O) groups excluding carboxylic acids is 1. The van der Waals surface area contributed by atoms with Crippen LogP contribution in [0.4, 0.5) is 0 Å². The summed E-state index contributed by atoms with van der Waals surface area (Å²) in [5.41, 5.74) is 0. The number of aliphatic hydroxyl groups excluding tert-OH is 1. The van der Waals surface area contributed by atoms with Crippen molar-refractivity contribution in [2.45, 2.75) is 12.8 Å². The SMILES string of the molecule is CNC(=O)CN(CCCO)CCC(=O)O. The minimum absolute atomic E-state index is 0.00240. The summed E-state index contributed by atoms with van der Waals surface area (Å²) in [7, 11) is 1.53. The van der Waals surface area contributed by atoms with E-state index in [-0.39, 0.29) is 25.5 Å². The van der Waals surface area contributed by atoms with Crippen LogP contribution in [0.5, 0.6) is 0 Å². The molecular formula is C9H18N2O4. The van der Waals surface area contributed by atoms with Gasteiger partial charge in [-0.15, -0.1) is 0 Å². The zero-order valence-corrected chi connectivity index (χ0v) is 8.90. The van der Waals surface area contributed by atoms with E-state index in [1.807, 2.05) is 0 Å². The van der Waals surface area contributed by atoms with Crippen LogP contribution in [0, 0.1) is 0 Å². The molecule has 0 aliphatic rings. The number of nitrogens with one attached hydrogen (secondary N) is 1. The molecule has 0 fully saturated rings. The first-order chi connectivity index (χ1) is 7.10. The molecule has 0 saturated carbocycles. The van der Waals surface area contributed by atoms with Gasteiger partial charge in [0.1, 0.15) is 0 Å². The summed E-state index contributed by atoms with van der Waals surface area (Å²) in [6.45, 7) is 1.06. The molecule has 0 heterocycles. The van der Waals surface area contributed by atoms with Crippen molar-refractivity contribution >= 4 is 11.9 Å². The maximum absolute atomic E-state index is 11.1. The van der Waals surface area contributed by atoms with Crippen molar-refractivity contribution in [1.29, 1.82) is 0 Å². The second kappa shape index (κ2) is 8.19. The number of rotatable bonds is 8. The molecule has 0 aliphatic heterocycles. The molecule has 1 amide bonds. The third-order valence-electron chi connectivity index (χ3n) is 1.92. The average Bonchev–Trinajstić information content (AvgIpc) is 2.21. The molecular weight excluding hydrogens is 200 g/mol. The van der Waals surface area contributed by atoms with Crippen molar-refractivity contribution in [3.8, 4) is 0 Å². The Labute approximate surface area is 88.9 Å². The topological polar surface area (TPSA) is 89.9 Å². The van der Waals surface area contributed by atoms with Crippen molar-refractivity contribution < 1.29 is 19.8 Å². The number of aliphatic hydroxyl groups is 1. The van der Waals surface area contributed by atoms with Crippen LogP contribution in [0.15, 0.2) is 0 Å². The normalized spacial score (nSPS) is 10.3. The van der Waals surface area contributed by atoms with E-state index in [9.17, 15) is 9.59 Å². The summed E-state index contributed by atoms with van der Waals surface area (Å²) in [5, 5.41) is 19.6. The minimum atomic E-state index is -0.888. The molecule has 6 nitrogen and oxygen atoms in total. The Morgan fingerprint density at radius 3 is 2.47 bits per heavy atom. The lowest BCUT2D eigenvalue weighted by molar-refractivity contribution is -0.137. The molecule has 6 heteroatoms. The third kappa shape index (κ3) is 7.90. The van der Waals surface area contributed by atoms with E-state index < -0.39 is 5.97 Å². The Kier molecular flexibility index (Phi) is 7.57. The van der Waals surface area contributed by atoms with Crippen LogP contribution in [0.3, 0.4) is 0 Å². The van der Waals surface area contributed by atoms with Crippen molar-refractivity contribution in [2.24, 2.45) is 0 Å². The Morgan fingerprint density at radius 2 is 2.00 bits per heavy atom. The van der Waals surface area contributed by atoms with Gasteiger partial charge in [0.05, 0.1) is 13.0 Å². The van der Waals surface area contributed by atoms with Crippen LogP contribution in [0.1, 0.15) is 12.8 Å². The zero-order chi connectivity index (χ0) is 11.7. The molecule has 0 saturated heterocycles. The first kappa shape index (κ1) is 13.9. The lowest BCUT2D eigenvalue weighted by Gasteiger charge is -2.19. The predicted octanol–water partition coefficient (Wildman–Crippen LogP) is -1.11. The molecule has 0 bridgehead atoms. The minimum Gasteiger partial charge on any atom is -0.481 e. The molecule has 88 valence electrons. The number of hydrogen-bond donors (Lipinski definition) is 3. The van der Waals surface area contributed by atoms with Gasteiger partial charge < -0.3 is 15.5 Å². The van der Waals surface area contributed by atoms with E-state index in [0.717, 1.165) is 0 Å². The summed E-state index contributed by atoms with van der Waals surface area (Å²) in [6, 6.07) is 0. The van der Waals surface area contributed by atoms with Crippen LogP contribution in [0.25, 0.3) is 0 Å². The van der Waals surface area contributed by atoms with Gasteiger partial charge in [0, 0.05) is 26.7 Å². The Bertz CT molecular complexity index is 208. The maximum atomic E-state index is 11.1. The summed E-state index contributed by atoms with van der Waals surface area (Å²) in [6.07, 6.45) is 0.541. The fourth-order valence-electron chi connectivity index (χ4n) is 1.10. The number of carboxylic acids is 1. The highest BCUT2D eigenvalue weighted by Gasteiger charge is 2.10. The van der Waals surface area contributed by atoms with Gasteiger partial charge >= 0.3 is 5.97 Å². The molecule has 0 atom stereocenters. The van der Waals surface area contributed by atoms with Gasteiger partial charge in [-0.1, -0.05) is 0 Å². The largest absolute Gasteiger partial charge is 0.481 e. The molecule has 0 radical (unpaired) electrons. The Hall–Kier alpha value is -1.14. The number of aliphatic carboxylic acids is 1. The highest BCUT2D eigenvalue weighted by atomic mass is 16.4. The van der Waals surface area contributed by atoms with Gasteiger partial charge in [0.25, 0.3) is 0 Å². The molecule has 15 heavy (non-hydrogen) atoms. The second-order valence-corrected chi connectivity index (χ2v) is 3.17. The number of carbonyl (C=O) groups is 2. The fraction of sp³-hybridized carbons (Fsp3) is 0.778. The third-order valence-corrected chi connectivity index (χ3v) is 1.92. The van der Waals surface area contributed by atoms with Gasteiger partial charge in [-0.25, -0.2) is 0 Å². The van der Waals surface area contributed by atoms with E-state index >= 15 is 0 Å². The number of nitrogens with zero attached hydrogens (tertiary/aromatic N) is 1. The maximum Gasteiger partial charge on any atom is 0.304 e. The highest BCUT2D eigenvalue weighted by Crippen LogP contribution is 1.94. The standard InChI is InChI=1S/C9H18N2O4/c1-10-8(13)7-11(4-2-6-12)5-3-9(14)15/h12H,2-7H2,1H3,(H,10,13)(H,14,15). The molecule has 0 aliphatic carbocycles. The van der Waals surface area contributed by atoms with Crippen molar-refractivity contribution in [3.63, 3.8) is 0 Å². The molecule has 3 N–H and O–H groups in total. The summed E-state index contributed by atoms with van der Waals surface area (Å²) < 4.78 is 0. The van der Waals surface area contributed by atoms with E-state index in [1.165, 1.54) is 7.05 Å². The monoisotopic (exact) mass is 218 g/mol. The smallest absolute Gasteiger partial charge is 0.304 e. The summed E-state index contributed by atoms with van der Waals surface area (Å²) >= 11 is 0. The van der Waals surface area contributed by atoms with Crippen LogP contribution < -0.4 is 5.32 Å². The van der Waals surface area contributed by atoms with E-state index in [4.69, 9.17) is 10.2 Å². The highest BCUT2D eigenvalue weighted by molar-refractivity contribution is 5.77. The summed E-state index contributed by atoms with van der Waals surface area (Å²) in [5.74, 6) is -1.04. The number of likely N-dealkylation sites (N-methyl/N-ethyl adjacent to an activating group) is 1. The first-order valence-electron chi connectivity index (χ1n) is 4.85. The van der Waals surface area contributed by atoms with Crippen LogP contribution in [-0.4, -0.2) is 60.3 Å². The van der Waals surface area contributed by atoms with Crippen LogP contribution in [0.2, 0.25) is 0 Å².